The van der Waals surface area contributed by atoms with E-state index in [9.17, 15) is 19.6 Å². The molecule has 0 unspecified atom stereocenters. The Hall–Kier alpha value is -3.28. The molecular weight excluding hydrogens is 453 g/mol. The summed E-state index contributed by atoms with van der Waals surface area (Å²) in [5, 5.41) is 27.4. The summed E-state index contributed by atoms with van der Waals surface area (Å²) in [6, 6.07) is 16.9. The van der Waals surface area contributed by atoms with Gasteiger partial charge >= 0.3 is 7.75 Å². The Bertz CT molecular complexity index is 1080. The van der Waals surface area contributed by atoms with Crippen LogP contribution in [0.1, 0.15) is 16.8 Å². The number of carbonyl (C=O) groups excluding carboxylic acids is 1. The Labute approximate surface area is 188 Å². The Morgan fingerprint density at radius 2 is 1.64 bits per heavy atom. The minimum Gasteiger partial charge on any atom is -0.405 e. The van der Waals surface area contributed by atoms with Crippen LogP contribution in [0.25, 0.3) is 0 Å². The van der Waals surface area contributed by atoms with E-state index in [1.807, 2.05) is 0 Å². The quantitative estimate of drug-likeness (QED) is 0.325. The number of primary amides is 1. The summed E-state index contributed by atoms with van der Waals surface area (Å²) >= 11 is 0. The number of ether oxygens (including phenoxy) is 1. The molecule has 2 heterocycles. The number of aliphatic hydroxyl groups is 2. The molecule has 12 nitrogen and oxygen atoms in total. The van der Waals surface area contributed by atoms with Gasteiger partial charge in [0.05, 0.1) is 0 Å². The zero-order valence-electron chi connectivity index (χ0n) is 17.2. The molecule has 0 saturated carbocycles. The number of aliphatic hydroxyl groups excluding tert-OH is 2. The van der Waals surface area contributed by atoms with E-state index >= 15 is 0 Å². The molecule has 0 bridgehead atoms. The average Bonchev–Trinajstić information content (AvgIpc) is 3.40. The molecule has 1 saturated heterocycles. The molecular formula is C20H22N5O7P. The van der Waals surface area contributed by atoms with Crippen molar-refractivity contribution in [3.8, 4) is 11.5 Å². The van der Waals surface area contributed by atoms with Crippen LogP contribution in [0, 0.1) is 0 Å². The Kier molecular flexibility index (Phi) is 6.72. The molecule has 1 aromatic heterocycles. The fourth-order valence-electron chi connectivity index (χ4n) is 3.15. The SMILES string of the molecule is NC(=O)c1ncn([C@@H]2O[C@H](CNP(=O)(Oc3ccccc3)Oc3ccccc3)[C@@H](O)[C@H]2O)n1. The van der Waals surface area contributed by atoms with Gasteiger partial charge in [0.1, 0.15) is 36.1 Å². The van der Waals surface area contributed by atoms with Crippen molar-refractivity contribution in [1.29, 1.82) is 0 Å². The molecule has 33 heavy (non-hydrogen) atoms. The molecule has 1 fully saturated rings. The molecule has 1 amide bonds. The normalized spacial score (nSPS) is 22.7. The maximum Gasteiger partial charge on any atom is 0.512 e. The van der Waals surface area contributed by atoms with Crippen molar-refractivity contribution in [2.24, 2.45) is 5.73 Å². The first-order chi connectivity index (χ1) is 15.8. The number of amides is 1. The molecule has 2 aromatic carbocycles. The van der Waals surface area contributed by atoms with Crippen molar-refractivity contribution in [1.82, 2.24) is 19.9 Å². The molecule has 1 aliphatic heterocycles. The van der Waals surface area contributed by atoms with E-state index < -0.39 is 38.2 Å². The lowest BCUT2D eigenvalue weighted by atomic mass is 10.1. The van der Waals surface area contributed by atoms with E-state index in [2.05, 4.69) is 15.2 Å². The number of nitrogens with two attached hydrogens (primary N) is 1. The first-order valence-electron chi connectivity index (χ1n) is 9.92. The summed E-state index contributed by atoms with van der Waals surface area (Å²) < 4.78 is 31.5. The predicted molar refractivity (Wildman–Crippen MR) is 114 cm³/mol. The van der Waals surface area contributed by atoms with E-state index in [0.29, 0.717) is 11.5 Å². The van der Waals surface area contributed by atoms with E-state index in [4.69, 9.17) is 19.5 Å². The van der Waals surface area contributed by atoms with Gasteiger partial charge in [-0.15, -0.1) is 5.10 Å². The first kappa shape index (κ1) is 22.9. The summed E-state index contributed by atoms with van der Waals surface area (Å²) in [7, 11) is -3.98. The molecule has 4 atom stereocenters. The van der Waals surface area contributed by atoms with Crippen molar-refractivity contribution in [2.75, 3.05) is 6.54 Å². The van der Waals surface area contributed by atoms with E-state index in [-0.39, 0.29) is 12.4 Å². The second-order valence-corrected chi connectivity index (χ2v) is 8.80. The summed E-state index contributed by atoms with van der Waals surface area (Å²) in [5.41, 5.74) is 5.14. The summed E-state index contributed by atoms with van der Waals surface area (Å²) in [6.07, 6.45) is -3.78. The molecule has 0 radical (unpaired) electrons. The van der Waals surface area contributed by atoms with Crippen molar-refractivity contribution in [3.63, 3.8) is 0 Å². The van der Waals surface area contributed by atoms with Crippen molar-refractivity contribution in [3.05, 3.63) is 72.8 Å². The molecule has 5 N–H and O–H groups in total. The van der Waals surface area contributed by atoms with Gasteiger partial charge in [0, 0.05) is 6.54 Å². The number of para-hydroxylation sites is 2. The van der Waals surface area contributed by atoms with Gasteiger partial charge in [-0.3, -0.25) is 4.79 Å². The first-order valence-corrected chi connectivity index (χ1v) is 11.5. The lowest BCUT2D eigenvalue weighted by Gasteiger charge is -2.22. The maximum absolute atomic E-state index is 13.5. The number of hydrogen-bond donors (Lipinski definition) is 4. The van der Waals surface area contributed by atoms with Gasteiger partial charge in [-0.2, -0.15) is 5.09 Å². The number of hydrogen-bond acceptors (Lipinski definition) is 9. The largest absolute Gasteiger partial charge is 0.512 e. The zero-order chi connectivity index (χ0) is 23.4. The molecule has 13 heteroatoms. The minimum absolute atomic E-state index is 0.205. The van der Waals surface area contributed by atoms with Crippen LogP contribution in [-0.4, -0.2) is 55.7 Å². The zero-order valence-corrected chi connectivity index (χ0v) is 18.1. The van der Waals surface area contributed by atoms with E-state index in [1.54, 1.807) is 60.7 Å². The Morgan fingerprint density at radius 3 is 2.15 bits per heavy atom. The Morgan fingerprint density at radius 1 is 1.06 bits per heavy atom. The number of nitrogens with one attached hydrogen (secondary N) is 1. The van der Waals surface area contributed by atoms with Crippen LogP contribution in [0.2, 0.25) is 0 Å². The van der Waals surface area contributed by atoms with Crippen molar-refractivity contribution < 1.29 is 33.4 Å². The third-order valence-corrected chi connectivity index (χ3v) is 6.22. The van der Waals surface area contributed by atoms with Gasteiger partial charge in [-0.1, -0.05) is 36.4 Å². The lowest BCUT2D eigenvalue weighted by molar-refractivity contribution is -0.0430. The minimum atomic E-state index is -3.98. The topological polar surface area (TPSA) is 171 Å². The van der Waals surface area contributed by atoms with Gasteiger partial charge in [0.15, 0.2) is 6.23 Å². The number of aromatic nitrogens is 3. The summed E-state index contributed by atoms with van der Waals surface area (Å²) in [6.45, 7) is -0.205. The molecule has 0 spiro atoms. The van der Waals surface area contributed by atoms with Gasteiger partial charge in [0.25, 0.3) is 5.91 Å². The third kappa shape index (κ3) is 5.38. The van der Waals surface area contributed by atoms with Crippen LogP contribution in [0.5, 0.6) is 11.5 Å². The van der Waals surface area contributed by atoms with Gasteiger partial charge in [-0.05, 0) is 24.3 Å². The number of carbonyl (C=O) groups is 1. The van der Waals surface area contributed by atoms with E-state index in [0.717, 1.165) is 11.0 Å². The monoisotopic (exact) mass is 475 g/mol. The molecule has 3 aromatic rings. The molecule has 1 aliphatic rings. The van der Waals surface area contributed by atoms with Crippen LogP contribution < -0.4 is 19.9 Å². The van der Waals surface area contributed by atoms with Crippen LogP contribution in [0.15, 0.2) is 67.0 Å². The predicted octanol–water partition coefficient (Wildman–Crippen LogP) is 0.852. The highest BCUT2D eigenvalue weighted by molar-refractivity contribution is 7.52. The highest BCUT2D eigenvalue weighted by Gasteiger charge is 2.45. The van der Waals surface area contributed by atoms with Crippen LogP contribution in [-0.2, 0) is 9.30 Å². The standard InChI is InChI=1S/C20H22N5O7P/c21-18(28)19-22-12-25(24-19)20-17(27)16(26)15(30-20)11-23-33(29,31-13-7-3-1-4-8-13)32-14-9-5-2-6-10-14/h1-10,12,15-17,20,26-27H,11H2,(H2,21,28)(H,23,29)/t15-,16-,17-,20-/m1/s1. The second-order valence-electron chi connectivity index (χ2n) is 7.13. The smallest absolute Gasteiger partial charge is 0.405 e. The van der Waals surface area contributed by atoms with Crippen LogP contribution in [0.4, 0.5) is 0 Å². The van der Waals surface area contributed by atoms with E-state index in [1.165, 1.54) is 0 Å². The number of rotatable bonds is 9. The number of benzene rings is 2. The van der Waals surface area contributed by atoms with Gasteiger partial charge < -0.3 is 29.7 Å². The van der Waals surface area contributed by atoms with Crippen molar-refractivity contribution in [2.45, 2.75) is 24.5 Å². The fraction of sp³-hybridized carbons (Fsp3) is 0.250. The van der Waals surface area contributed by atoms with Gasteiger partial charge in [0.2, 0.25) is 5.82 Å². The highest BCUT2D eigenvalue weighted by atomic mass is 31.2. The van der Waals surface area contributed by atoms with Gasteiger partial charge in [-0.25, -0.2) is 14.2 Å². The summed E-state index contributed by atoms with van der Waals surface area (Å²) in [4.78, 5) is 14.9. The highest BCUT2D eigenvalue weighted by Crippen LogP contribution is 2.45. The van der Waals surface area contributed by atoms with Crippen LogP contribution in [0.3, 0.4) is 0 Å². The second kappa shape index (κ2) is 9.69. The number of nitrogens with zero attached hydrogens (tertiary/aromatic N) is 3. The molecule has 0 aliphatic carbocycles. The van der Waals surface area contributed by atoms with Crippen LogP contribution >= 0.6 is 7.75 Å². The molecule has 174 valence electrons. The third-order valence-electron chi connectivity index (χ3n) is 4.75. The lowest BCUT2D eigenvalue weighted by Crippen LogP contribution is -2.37. The average molecular weight is 475 g/mol. The maximum atomic E-state index is 13.5. The molecule has 4 rings (SSSR count). The Balaban J connectivity index is 1.48. The summed E-state index contributed by atoms with van der Waals surface area (Å²) in [5.74, 6) is -0.510. The fourth-order valence-corrected chi connectivity index (χ4v) is 4.52. The van der Waals surface area contributed by atoms with Crippen molar-refractivity contribution >= 4 is 13.7 Å².